The molecule has 2 rings (SSSR count). The summed E-state index contributed by atoms with van der Waals surface area (Å²) >= 11 is 0. The molecule has 0 aliphatic carbocycles. The normalized spacial score (nSPS) is 10.2. The lowest BCUT2D eigenvalue weighted by atomic mass is 10.3. The van der Waals surface area contributed by atoms with Gasteiger partial charge >= 0.3 is 0 Å². The maximum absolute atomic E-state index is 5.86. The van der Waals surface area contributed by atoms with E-state index in [-0.39, 0.29) is 0 Å². The number of aromatic nitrogens is 2. The number of hydrogen-bond acceptors (Lipinski definition) is 5. The highest BCUT2D eigenvalue weighted by atomic mass is 16.5. The van der Waals surface area contributed by atoms with E-state index in [4.69, 9.17) is 9.47 Å². The number of para-hydroxylation sites is 2. The van der Waals surface area contributed by atoms with Crippen molar-refractivity contribution in [3.63, 3.8) is 0 Å². The van der Waals surface area contributed by atoms with Crippen molar-refractivity contribution in [1.29, 1.82) is 0 Å². The first-order chi connectivity index (χ1) is 9.74. The lowest BCUT2D eigenvalue weighted by Crippen LogP contribution is -2.04. The molecule has 1 N–H and O–H groups in total. The molecule has 1 aromatic carbocycles. The fourth-order valence-electron chi connectivity index (χ4n) is 1.69. The summed E-state index contributed by atoms with van der Waals surface area (Å²) in [5.74, 6) is 2.45. The van der Waals surface area contributed by atoms with Gasteiger partial charge in [-0.3, -0.25) is 0 Å². The Labute approximate surface area is 119 Å². The third-order valence-corrected chi connectivity index (χ3v) is 2.62. The Balaban J connectivity index is 2.27. The van der Waals surface area contributed by atoms with E-state index in [2.05, 4.69) is 15.3 Å². The Kier molecular flexibility index (Phi) is 4.76. The van der Waals surface area contributed by atoms with Crippen molar-refractivity contribution in [3.05, 3.63) is 36.0 Å². The molecule has 0 aliphatic heterocycles. The third kappa shape index (κ3) is 3.38. The van der Waals surface area contributed by atoms with Gasteiger partial charge in [0.05, 0.1) is 6.61 Å². The van der Waals surface area contributed by atoms with Gasteiger partial charge in [0.25, 0.3) is 0 Å². The molecule has 0 bridgehead atoms. The second-order valence-electron chi connectivity index (χ2n) is 4.19. The van der Waals surface area contributed by atoms with Crippen LogP contribution in [0, 0.1) is 6.92 Å². The maximum atomic E-state index is 5.86. The summed E-state index contributed by atoms with van der Waals surface area (Å²) in [6.45, 7) is 7.20. The first-order valence-electron chi connectivity index (χ1n) is 6.71. The first-order valence-corrected chi connectivity index (χ1v) is 6.71. The van der Waals surface area contributed by atoms with Gasteiger partial charge in [-0.2, -0.15) is 4.98 Å². The number of aryl methyl sites for hydroxylation is 1. The maximum Gasteiger partial charge on any atom is 0.227 e. The molecule has 0 amide bonds. The van der Waals surface area contributed by atoms with Crippen LogP contribution in [0.5, 0.6) is 17.4 Å². The molecule has 0 unspecified atom stereocenters. The Bertz CT molecular complexity index is 573. The summed E-state index contributed by atoms with van der Waals surface area (Å²) in [7, 11) is 0. The van der Waals surface area contributed by atoms with Gasteiger partial charge in [-0.1, -0.05) is 12.1 Å². The van der Waals surface area contributed by atoms with Crippen LogP contribution in [0.3, 0.4) is 0 Å². The standard InChI is InChI=1S/C15H19N3O2/c1-4-16-15-17-10-11(3)14(18-15)20-13-9-7-6-8-12(13)19-5-2/h6-10H,4-5H2,1-3H3,(H,16,17,18). The fourth-order valence-corrected chi connectivity index (χ4v) is 1.69. The van der Waals surface area contributed by atoms with Crippen molar-refractivity contribution >= 4 is 5.95 Å². The van der Waals surface area contributed by atoms with Crippen LogP contribution in [0.25, 0.3) is 0 Å². The number of nitrogens with zero attached hydrogens (tertiary/aromatic N) is 2. The quantitative estimate of drug-likeness (QED) is 0.874. The number of ether oxygens (including phenoxy) is 2. The smallest absolute Gasteiger partial charge is 0.227 e. The Morgan fingerprint density at radius 1 is 1.15 bits per heavy atom. The van der Waals surface area contributed by atoms with E-state index in [9.17, 15) is 0 Å². The molecular formula is C15H19N3O2. The first kappa shape index (κ1) is 14.1. The predicted molar refractivity (Wildman–Crippen MR) is 78.6 cm³/mol. The summed E-state index contributed by atoms with van der Waals surface area (Å²) in [5, 5.41) is 3.07. The molecule has 0 aliphatic rings. The van der Waals surface area contributed by atoms with Crippen molar-refractivity contribution in [2.24, 2.45) is 0 Å². The molecule has 1 aromatic heterocycles. The number of hydrogen-bond donors (Lipinski definition) is 1. The van der Waals surface area contributed by atoms with Crippen LogP contribution < -0.4 is 14.8 Å². The summed E-state index contributed by atoms with van der Waals surface area (Å²) in [4.78, 5) is 8.55. The van der Waals surface area contributed by atoms with Crippen LogP contribution in [0.2, 0.25) is 0 Å². The van der Waals surface area contributed by atoms with Crippen LogP contribution in [-0.4, -0.2) is 23.1 Å². The third-order valence-electron chi connectivity index (χ3n) is 2.62. The van der Waals surface area contributed by atoms with Crippen LogP contribution in [0.1, 0.15) is 19.4 Å². The van der Waals surface area contributed by atoms with E-state index in [1.165, 1.54) is 0 Å². The molecule has 0 radical (unpaired) electrons. The summed E-state index contributed by atoms with van der Waals surface area (Å²) < 4.78 is 11.4. The minimum Gasteiger partial charge on any atom is -0.490 e. The van der Waals surface area contributed by atoms with Crippen molar-refractivity contribution in [2.45, 2.75) is 20.8 Å². The van der Waals surface area contributed by atoms with Gasteiger partial charge in [0.15, 0.2) is 11.5 Å². The molecule has 106 valence electrons. The van der Waals surface area contributed by atoms with Gasteiger partial charge in [-0.25, -0.2) is 4.98 Å². The molecule has 0 atom stereocenters. The van der Waals surface area contributed by atoms with E-state index in [0.717, 1.165) is 12.1 Å². The van der Waals surface area contributed by atoms with Gasteiger partial charge in [0.2, 0.25) is 11.8 Å². The van der Waals surface area contributed by atoms with Gasteiger partial charge < -0.3 is 14.8 Å². The van der Waals surface area contributed by atoms with Crippen LogP contribution in [-0.2, 0) is 0 Å². The highest BCUT2D eigenvalue weighted by Crippen LogP contribution is 2.31. The molecule has 20 heavy (non-hydrogen) atoms. The number of benzene rings is 1. The number of anilines is 1. The van der Waals surface area contributed by atoms with E-state index in [1.54, 1.807) is 6.20 Å². The molecular weight excluding hydrogens is 254 g/mol. The lowest BCUT2D eigenvalue weighted by molar-refractivity contribution is 0.319. The van der Waals surface area contributed by atoms with Gasteiger partial charge in [0, 0.05) is 18.3 Å². The highest BCUT2D eigenvalue weighted by Gasteiger charge is 2.09. The molecule has 0 saturated carbocycles. The number of rotatable bonds is 6. The SMILES string of the molecule is CCNc1ncc(C)c(Oc2ccccc2OCC)n1. The molecule has 0 spiro atoms. The van der Waals surface area contributed by atoms with Crippen molar-refractivity contribution in [2.75, 3.05) is 18.5 Å². The van der Waals surface area contributed by atoms with Crippen molar-refractivity contribution in [3.8, 4) is 17.4 Å². The van der Waals surface area contributed by atoms with E-state index >= 15 is 0 Å². The predicted octanol–water partition coefficient (Wildman–Crippen LogP) is 3.41. The highest BCUT2D eigenvalue weighted by molar-refractivity contribution is 5.43. The van der Waals surface area contributed by atoms with E-state index in [0.29, 0.717) is 29.9 Å². The van der Waals surface area contributed by atoms with Crippen molar-refractivity contribution in [1.82, 2.24) is 9.97 Å². The summed E-state index contributed by atoms with van der Waals surface area (Å²) in [6, 6.07) is 7.55. The van der Waals surface area contributed by atoms with Crippen molar-refractivity contribution < 1.29 is 9.47 Å². The topological polar surface area (TPSA) is 56.3 Å². The average molecular weight is 273 g/mol. The Morgan fingerprint density at radius 2 is 1.90 bits per heavy atom. The zero-order valence-corrected chi connectivity index (χ0v) is 12.0. The Hall–Kier alpha value is -2.30. The molecule has 2 aromatic rings. The minimum atomic E-state index is 0.531. The second-order valence-corrected chi connectivity index (χ2v) is 4.19. The Morgan fingerprint density at radius 3 is 2.60 bits per heavy atom. The lowest BCUT2D eigenvalue weighted by Gasteiger charge is -2.12. The van der Waals surface area contributed by atoms with E-state index < -0.39 is 0 Å². The zero-order valence-electron chi connectivity index (χ0n) is 12.0. The van der Waals surface area contributed by atoms with Gasteiger partial charge in [-0.05, 0) is 32.9 Å². The van der Waals surface area contributed by atoms with Crippen LogP contribution in [0.4, 0.5) is 5.95 Å². The molecule has 0 fully saturated rings. The largest absolute Gasteiger partial charge is 0.490 e. The molecule has 1 heterocycles. The van der Waals surface area contributed by atoms with Crippen LogP contribution >= 0.6 is 0 Å². The zero-order chi connectivity index (χ0) is 14.4. The monoisotopic (exact) mass is 273 g/mol. The van der Waals surface area contributed by atoms with Gasteiger partial charge in [-0.15, -0.1) is 0 Å². The summed E-state index contributed by atoms with van der Waals surface area (Å²) in [6.07, 6.45) is 1.74. The van der Waals surface area contributed by atoms with Gasteiger partial charge in [0.1, 0.15) is 0 Å². The fraction of sp³-hybridized carbons (Fsp3) is 0.333. The summed E-state index contributed by atoms with van der Waals surface area (Å²) in [5.41, 5.74) is 0.873. The second kappa shape index (κ2) is 6.75. The minimum absolute atomic E-state index is 0.531. The van der Waals surface area contributed by atoms with Crippen LogP contribution in [0.15, 0.2) is 30.5 Å². The average Bonchev–Trinajstić information content (AvgIpc) is 2.45. The van der Waals surface area contributed by atoms with E-state index in [1.807, 2.05) is 45.0 Å². The number of nitrogens with one attached hydrogen (secondary N) is 1. The molecule has 5 heteroatoms. The molecule has 5 nitrogen and oxygen atoms in total. The molecule has 0 saturated heterocycles.